The molecule has 3 fully saturated rings. The van der Waals surface area contributed by atoms with E-state index in [9.17, 15) is 9.90 Å². The summed E-state index contributed by atoms with van der Waals surface area (Å²) in [4.78, 5) is 12.5. The number of rotatable bonds is 6. The number of esters is 1. The minimum atomic E-state index is -2.19. The van der Waals surface area contributed by atoms with Crippen molar-refractivity contribution in [1.82, 2.24) is 0 Å². The van der Waals surface area contributed by atoms with Gasteiger partial charge >= 0.3 is 5.97 Å². The molecule has 4 nitrogen and oxygen atoms in total. The normalized spacial score (nSPS) is 33.5. The summed E-state index contributed by atoms with van der Waals surface area (Å²) in [7, 11) is -0.747. The highest BCUT2D eigenvalue weighted by atomic mass is 28.4. The first kappa shape index (κ1) is 19.9. The van der Waals surface area contributed by atoms with E-state index in [0.29, 0.717) is 22.5 Å². The number of methoxy groups -OCH3 is 1. The number of ether oxygens (including phenoxy) is 1. The van der Waals surface area contributed by atoms with Crippen molar-refractivity contribution in [3.8, 4) is 0 Å². The second-order valence-corrected chi connectivity index (χ2v) is 14.2. The number of carbonyl (C=O) groups excluding carboxylic acids is 1. The zero-order chi connectivity index (χ0) is 18.3. The Balaban J connectivity index is 2.48. The Hall–Kier alpha value is -0.393. The number of aliphatic hydroxyl groups is 1. The van der Waals surface area contributed by atoms with Crippen LogP contribution in [0.15, 0.2) is 0 Å². The van der Waals surface area contributed by atoms with E-state index in [1.165, 1.54) is 7.11 Å². The van der Waals surface area contributed by atoms with E-state index >= 15 is 0 Å². The molecule has 3 aliphatic rings. The van der Waals surface area contributed by atoms with Crippen LogP contribution in [0.25, 0.3) is 0 Å². The Bertz CT molecular complexity index is 441. The minimum absolute atomic E-state index is 0.211. The molecule has 0 aromatic rings. The molecule has 3 rings (SSSR count). The van der Waals surface area contributed by atoms with E-state index in [1.54, 1.807) is 0 Å². The summed E-state index contributed by atoms with van der Waals surface area (Å²) in [6.07, 6.45) is 2.81. The Morgan fingerprint density at radius 2 is 1.62 bits per heavy atom. The number of fused-ring (bicyclic) bond motifs is 3. The number of aliphatic hydroxyl groups excluding tert-OH is 1. The summed E-state index contributed by atoms with van der Waals surface area (Å²) in [6.45, 7) is 13.5. The number of hydrogen-bond donors (Lipinski definition) is 1. The van der Waals surface area contributed by atoms with Crippen LogP contribution < -0.4 is 0 Å². The van der Waals surface area contributed by atoms with Crippen LogP contribution in [-0.2, 0) is 14.0 Å². The highest BCUT2D eigenvalue weighted by molar-refractivity contribution is 6.77. The Labute approximate surface area is 148 Å². The highest BCUT2D eigenvalue weighted by Crippen LogP contribution is 2.55. The maximum Gasteiger partial charge on any atom is 0.311 e. The maximum absolute atomic E-state index is 12.5. The van der Waals surface area contributed by atoms with Gasteiger partial charge in [-0.15, -0.1) is 0 Å². The maximum atomic E-state index is 12.5. The molecule has 4 unspecified atom stereocenters. The highest BCUT2D eigenvalue weighted by Gasteiger charge is 2.62. The fourth-order valence-electron chi connectivity index (χ4n) is 5.69. The molecule has 0 amide bonds. The second-order valence-electron chi connectivity index (χ2n) is 8.84. The van der Waals surface area contributed by atoms with Crippen molar-refractivity contribution in [2.45, 2.75) is 95.6 Å². The summed E-state index contributed by atoms with van der Waals surface area (Å²) < 4.78 is 12.2. The van der Waals surface area contributed by atoms with Gasteiger partial charge < -0.3 is 14.3 Å². The van der Waals surface area contributed by atoms with Gasteiger partial charge in [-0.2, -0.15) is 0 Å². The molecule has 2 bridgehead atoms. The first-order valence-corrected chi connectivity index (χ1v) is 11.7. The lowest BCUT2D eigenvalue weighted by Gasteiger charge is -2.59. The second kappa shape index (κ2) is 7.08. The lowest BCUT2D eigenvalue weighted by Crippen LogP contribution is -2.67. The molecular weight excluding hydrogens is 320 g/mol. The molecule has 0 heterocycles. The van der Waals surface area contributed by atoms with Crippen LogP contribution in [0.5, 0.6) is 0 Å². The van der Waals surface area contributed by atoms with E-state index in [0.717, 1.165) is 25.7 Å². The molecule has 4 atom stereocenters. The van der Waals surface area contributed by atoms with Gasteiger partial charge in [0.1, 0.15) is 0 Å². The molecule has 0 aromatic heterocycles. The van der Waals surface area contributed by atoms with Crippen LogP contribution in [0.4, 0.5) is 0 Å². The van der Waals surface area contributed by atoms with Crippen LogP contribution in [-0.4, -0.2) is 38.2 Å². The van der Waals surface area contributed by atoms with Crippen LogP contribution in [0.3, 0.4) is 0 Å². The summed E-state index contributed by atoms with van der Waals surface area (Å²) in [5, 5.41) is 11.0. The number of carbonyl (C=O) groups is 1. The van der Waals surface area contributed by atoms with E-state index in [-0.39, 0.29) is 11.9 Å². The fourth-order valence-corrected chi connectivity index (χ4v) is 11.4. The van der Waals surface area contributed by atoms with E-state index < -0.39 is 20.0 Å². The summed E-state index contributed by atoms with van der Waals surface area (Å²) in [6, 6.07) is 0. The predicted octanol–water partition coefficient (Wildman–Crippen LogP) is 4.27. The molecular formula is C19H36O4Si. The van der Waals surface area contributed by atoms with E-state index in [1.807, 2.05) is 0 Å². The van der Waals surface area contributed by atoms with Crippen LogP contribution in [0.2, 0.25) is 16.6 Å². The molecule has 3 saturated carbocycles. The van der Waals surface area contributed by atoms with Crippen LogP contribution >= 0.6 is 0 Å². The molecule has 140 valence electrons. The van der Waals surface area contributed by atoms with Gasteiger partial charge in [0.2, 0.25) is 8.32 Å². The average Bonchev–Trinajstić information content (AvgIpc) is 2.51. The van der Waals surface area contributed by atoms with Crippen molar-refractivity contribution >= 4 is 14.3 Å². The Kier molecular flexibility index (Phi) is 5.88. The largest absolute Gasteiger partial charge is 0.469 e. The molecule has 3 aliphatic carbocycles. The van der Waals surface area contributed by atoms with Crippen LogP contribution in [0.1, 0.15) is 67.2 Å². The van der Waals surface area contributed by atoms with Gasteiger partial charge in [0.05, 0.1) is 24.7 Å². The van der Waals surface area contributed by atoms with Crippen molar-refractivity contribution in [1.29, 1.82) is 0 Å². The lowest BCUT2D eigenvalue weighted by atomic mass is 9.60. The monoisotopic (exact) mass is 356 g/mol. The number of hydrogen-bond acceptors (Lipinski definition) is 4. The van der Waals surface area contributed by atoms with Crippen molar-refractivity contribution in [2.24, 2.45) is 11.8 Å². The van der Waals surface area contributed by atoms with Crippen molar-refractivity contribution in [3.05, 3.63) is 0 Å². The Morgan fingerprint density at radius 3 is 2.04 bits per heavy atom. The van der Waals surface area contributed by atoms with E-state index in [2.05, 4.69) is 41.5 Å². The SMILES string of the molecule is COC(=O)C1CC2CCC1(O[Si](C(C)C)(C(C)C)C(C)C)C(O)C2. The summed E-state index contributed by atoms with van der Waals surface area (Å²) in [5.41, 5.74) is 0.540. The molecule has 0 radical (unpaired) electrons. The lowest BCUT2D eigenvalue weighted by molar-refractivity contribution is -0.194. The van der Waals surface area contributed by atoms with Gasteiger partial charge in [0.25, 0.3) is 0 Å². The van der Waals surface area contributed by atoms with Gasteiger partial charge in [-0.1, -0.05) is 41.5 Å². The third-order valence-corrected chi connectivity index (χ3v) is 12.9. The molecule has 0 spiro atoms. The van der Waals surface area contributed by atoms with Gasteiger partial charge in [0, 0.05) is 0 Å². The quantitative estimate of drug-likeness (QED) is 0.570. The van der Waals surface area contributed by atoms with Gasteiger partial charge in [0.15, 0.2) is 0 Å². The smallest absolute Gasteiger partial charge is 0.311 e. The van der Waals surface area contributed by atoms with Gasteiger partial charge in [-0.05, 0) is 48.2 Å². The zero-order valence-electron chi connectivity index (χ0n) is 16.5. The standard InChI is InChI=1S/C19H36O4Si/c1-12(2)24(13(3)4,14(5)6)23-19-9-8-15(11-17(19)20)10-16(19)18(21)22-7/h12-17,20H,8-11H2,1-7H3. The zero-order valence-corrected chi connectivity index (χ0v) is 17.5. The molecule has 0 aliphatic heterocycles. The van der Waals surface area contributed by atoms with Gasteiger partial charge in [-0.25, -0.2) is 0 Å². The van der Waals surface area contributed by atoms with Crippen molar-refractivity contribution in [3.63, 3.8) is 0 Å². The molecule has 0 aromatic carbocycles. The first-order valence-electron chi connectivity index (χ1n) is 9.57. The average molecular weight is 357 g/mol. The third kappa shape index (κ3) is 2.97. The molecule has 5 heteroatoms. The van der Waals surface area contributed by atoms with Gasteiger partial charge in [-0.3, -0.25) is 4.79 Å². The first-order chi connectivity index (χ1) is 11.1. The van der Waals surface area contributed by atoms with Crippen LogP contribution in [0, 0.1) is 11.8 Å². The molecule has 24 heavy (non-hydrogen) atoms. The summed E-state index contributed by atoms with van der Waals surface area (Å²) in [5.74, 6) is -0.117. The fraction of sp³-hybridized carbons (Fsp3) is 0.947. The summed E-state index contributed by atoms with van der Waals surface area (Å²) >= 11 is 0. The predicted molar refractivity (Wildman–Crippen MR) is 98.3 cm³/mol. The van der Waals surface area contributed by atoms with Crippen molar-refractivity contribution < 1.29 is 19.1 Å². The minimum Gasteiger partial charge on any atom is -0.469 e. The Morgan fingerprint density at radius 1 is 1.08 bits per heavy atom. The topological polar surface area (TPSA) is 55.8 Å². The molecule has 0 saturated heterocycles. The molecule has 1 N–H and O–H groups in total. The third-order valence-electron chi connectivity index (χ3n) is 6.78. The van der Waals surface area contributed by atoms with E-state index in [4.69, 9.17) is 9.16 Å². The van der Waals surface area contributed by atoms with Crippen molar-refractivity contribution in [2.75, 3.05) is 7.11 Å².